The minimum atomic E-state index is -1.28. The largest absolute Gasteiger partial charge is 0.422 e. The number of carbonyl (C=O) groups is 2. The molecule has 0 radical (unpaired) electrons. The van der Waals surface area contributed by atoms with E-state index in [0.29, 0.717) is 17.8 Å². The third kappa shape index (κ3) is 4.05. The smallest absolute Gasteiger partial charge is 0.359 e. The molecule has 7 heteroatoms. The van der Waals surface area contributed by atoms with Crippen molar-refractivity contribution in [1.82, 2.24) is 9.78 Å². The summed E-state index contributed by atoms with van der Waals surface area (Å²) in [4.78, 5) is 23.3. The predicted octanol–water partition coefficient (Wildman–Crippen LogP) is 1.95. The number of hydrogen-bond donors (Lipinski definition) is 0. The highest BCUT2D eigenvalue weighted by molar-refractivity contribution is 9.09. The first kappa shape index (κ1) is 15.7. The van der Waals surface area contributed by atoms with E-state index in [1.54, 1.807) is 33.9 Å². The van der Waals surface area contributed by atoms with Crippen LogP contribution >= 0.6 is 15.9 Å². The monoisotopic (exact) mass is 332 g/mol. The zero-order valence-corrected chi connectivity index (χ0v) is 13.0. The van der Waals surface area contributed by atoms with Gasteiger partial charge in [-0.3, -0.25) is 9.48 Å². The zero-order chi connectivity index (χ0) is 14.6. The molecule has 0 fully saturated rings. The Morgan fingerprint density at radius 3 is 2.53 bits per heavy atom. The Balaban J connectivity index is 2.83. The summed E-state index contributed by atoms with van der Waals surface area (Å²) in [6.07, 6.45) is 0.355. The first-order chi connectivity index (χ1) is 8.81. The number of ether oxygens (including phenoxy) is 2. The fraction of sp³-hybridized carbons (Fsp3) is 0.583. The lowest BCUT2D eigenvalue weighted by atomic mass is 10.2. The van der Waals surface area contributed by atoms with Crippen molar-refractivity contribution in [3.63, 3.8) is 0 Å². The molecule has 1 aromatic heterocycles. The van der Waals surface area contributed by atoms with Crippen molar-refractivity contribution >= 4 is 27.9 Å². The van der Waals surface area contributed by atoms with Gasteiger partial charge in [-0.05, 0) is 13.0 Å². The maximum Gasteiger partial charge on any atom is 0.359 e. The van der Waals surface area contributed by atoms with Crippen molar-refractivity contribution in [3.05, 3.63) is 17.5 Å². The SMILES string of the molecule is CCC(C)(OC(=O)CBr)OC(=O)c1cc(C)nn1C. The van der Waals surface area contributed by atoms with Gasteiger partial charge < -0.3 is 9.47 Å². The lowest BCUT2D eigenvalue weighted by Gasteiger charge is -2.27. The fourth-order valence-corrected chi connectivity index (χ4v) is 1.60. The van der Waals surface area contributed by atoms with E-state index in [-0.39, 0.29) is 5.33 Å². The number of aryl methyl sites for hydroxylation is 2. The number of halogens is 1. The molecular weight excluding hydrogens is 316 g/mol. The summed E-state index contributed by atoms with van der Waals surface area (Å²) in [5.41, 5.74) is 1.03. The molecule has 106 valence electrons. The standard InChI is InChI=1S/C12H17BrN2O4/c1-5-12(3,18-10(16)7-13)19-11(17)9-6-8(2)14-15(9)4/h6H,5,7H2,1-4H3. The summed E-state index contributed by atoms with van der Waals surface area (Å²) in [6, 6.07) is 1.62. The first-order valence-electron chi connectivity index (χ1n) is 5.83. The lowest BCUT2D eigenvalue weighted by molar-refractivity contribution is -0.200. The number of carbonyl (C=O) groups excluding carboxylic acids is 2. The van der Waals surface area contributed by atoms with E-state index in [1.165, 1.54) is 4.68 Å². The van der Waals surface area contributed by atoms with Gasteiger partial charge >= 0.3 is 11.9 Å². The minimum absolute atomic E-state index is 0.0466. The molecule has 1 aromatic rings. The highest BCUT2D eigenvalue weighted by Gasteiger charge is 2.32. The van der Waals surface area contributed by atoms with Crippen LogP contribution in [0.2, 0.25) is 0 Å². The van der Waals surface area contributed by atoms with Crippen molar-refractivity contribution in [2.45, 2.75) is 33.0 Å². The summed E-state index contributed by atoms with van der Waals surface area (Å²) >= 11 is 2.99. The van der Waals surface area contributed by atoms with Crippen LogP contribution in [-0.4, -0.2) is 32.8 Å². The van der Waals surface area contributed by atoms with Gasteiger partial charge in [0.1, 0.15) is 11.0 Å². The van der Waals surface area contributed by atoms with Gasteiger partial charge in [0.25, 0.3) is 5.79 Å². The van der Waals surface area contributed by atoms with Gasteiger partial charge in [0.15, 0.2) is 0 Å². The Morgan fingerprint density at radius 2 is 2.11 bits per heavy atom. The van der Waals surface area contributed by atoms with Crippen LogP contribution in [-0.2, 0) is 21.3 Å². The molecule has 0 aliphatic heterocycles. The number of nitrogens with zero attached hydrogens (tertiary/aromatic N) is 2. The Morgan fingerprint density at radius 1 is 1.47 bits per heavy atom. The number of aromatic nitrogens is 2. The van der Waals surface area contributed by atoms with Gasteiger partial charge in [0.05, 0.1) is 5.69 Å². The molecule has 0 bridgehead atoms. The molecule has 0 aliphatic carbocycles. The molecule has 1 heterocycles. The summed E-state index contributed by atoms with van der Waals surface area (Å²) in [5, 5.41) is 4.11. The van der Waals surface area contributed by atoms with Crippen LogP contribution in [0.3, 0.4) is 0 Å². The van der Waals surface area contributed by atoms with Gasteiger partial charge in [-0.2, -0.15) is 5.10 Å². The third-order valence-corrected chi connectivity index (χ3v) is 3.06. The minimum Gasteiger partial charge on any atom is -0.422 e. The number of rotatable bonds is 5. The zero-order valence-electron chi connectivity index (χ0n) is 11.4. The van der Waals surface area contributed by atoms with Crippen molar-refractivity contribution in [2.75, 3.05) is 5.33 Å². The third-order valence-electron chi connectivity index (χ3n) is 2.60. The highest BCUT2D eigenvalue weighted by atomic mass is 79.9. The number of esters is 2. The molecule has 0 amide bonds. The van der Waals surface area contributed by atoms with E-state index in [2.05, 4.69) is 21.0 Å². The second-order valence-corrected chi connectivity index (χ2v) is 4.84. The molecule has 1 atom stereocenters. The van der Waals surface area contributed by atoms with Gasteiger partial charge in [0, 0.05) is 20.4 Å². The average molecular weight is 333 g/mol. The maximum atomic E-state index is 12.0. The molecule has 1 rings (SSSR count). The van der Waals surface area contributed by atoms with Crippen molar-refractivity contribution in [3.8, 4) is 0 Å². The predicted molar refractivity (Wildman–Crippen MR) is 71.9 cm³/mol. The summed E-state index contributed by atoms with van der Waals surface area (Å²) < 4.78 is 11.8. The summed E-state index contributed by atoms with van der Waals surface area (Å²) in [5.74, 6) is -2.34. The van der Waals surface area contributed by atoms with E-state index < -0.39 is 17.7 Å². The molecule has 0 spiro atoms. The van der Waals surface area contributed by atoms with E-state index in [9.17, 15) is 9.59 Å². The average Bonchev–Trinajstić information content (AvgIpc) is 2.68. The lowest BCUT2D eigenvalue weighted by Crippen LogP contribution is -2.37. The first-order valence-corrected chi connectivity index (χ1v) is 6.95. The fourth-order valence-electron chi connectivity index (χ4n) is 1.48. The molecule has 0 aliphatic rings. The van der Waals surface area contributed by atoms with Crippen LogP contribution in [0.15, 0.2) is 6.07 Å². The molecule has 6 nitrogen and oxygen atoms in total. The highest BCUT2D eigenvalue weighted by Crippen LogP contribution is 2.20. The van der Waals surface area contributed by atoms with Crippen LogP contribution < -0.4 is 0 Å². The topological polar surface area (TPSA) is 70.4 Å². The molecule has 0 aromatic carbocycles. The van der Waals surface area contributed by atoms with Gasteiger partial charge in [-0.25, -0.2) is 4.79 Å². The van der Waals surface area contributed by atoms with E-state index >= 15 is 0 Å². The second-order valence-electron chi connectivity index (χ2n) is 4.28. The normalized spacial score (nSPS) is 13.7. The maximum absolute atomic E-state index is 12.0. The van der Waals surface area contributed by atoms with Crippen LogP contribution in [0.5, 0.6) is 0 Å². The Kier molecular flexibility index (Phi) is 5.11. The van der Waals surface area contributed by atoms with E-state index in [4.69, 9.17) is 9.47 Å². The number of alkyl halides is 1. The van der Waals surface area contributed by atoms with Gasteiger partial charge in [-0.1, -0.05) is 22.9 Å². The quantitative estimate of drug-likeness (QED) is 0.468. The summed E-state index contributed by atoms with van der Waals surface area (Å²) in [6.45, 7) is 5.10. The van der Waals surface area contributed by atoms with E-state index in [0.717, 1.165) is 0 Å². The second kappa shape index (κ2) is 6.18. The van der Waals surface area contributed by atoms with E-state index in [1.807, 2.05) is 0 Å². The van der Waals surface area contributed by atoms with Gasteiger partial charge in [0.2, 0.25) is 0 Å². The van der Waals surface area contributed by atoms with Crippen LogP contribution in [0, 0.1) is 6.92 Å². The van der Waals surface area contributed by atoms with Gasteiger partial charge in [-0.15, -0.1) is 0 Å². The molecule has 0 saturated heterocycles. The van der Waals surface area contributed by atoms with Crippen LogP contribution in [0.1, 0.15) is 36.5 Å². The van der Waals surface area contributed by atoms with Crippen molar-refractivity contribution in [1.29, 1.82) is 0 Å². The molecular formula is C12H17BrN2O4. The summed E-state index contributed by atoms with van der Waals surface area (Å²) in [7, 11) is 1.65. The Bertz CT molecular complexity index is 486. The van der Waals surface area contributed by atoms with Crippen LogP contribution in [0.25, 0.3) is 0 Å². The van der Waals surface area contributed by atoms with Crippen molar-refractivity contribution < 1.29 is 19.1 Å². The van der Waals surface area contributed by atoms with Crippen LogP contribution in [0.4, 0.5) is 0 Å². The molecule has 0 N–H and O–H groups in total. The molecule has 1 unspecified atom stereocenters. The molecule has 0 saturated carbocycles. The van der Waals surface area contributed by atoms with Crippen molar-refractivity contribution in [2.24, 2.45) is 7.05 Å². The number of hydrogen-bond acceptors (Lipinski definition) is 5. The Labute approximate surface area is 120 Å². The Hall–Kier alpha value is -1.37. The molecule has 19 heavy (non-hydrogen) atoms.